The Morgan fingerprint density at radius 1 is 0.789 bits per heavy atom. The zero-order valence-corrected chi connectivity index (χ0v) is 9.28. The van der Waals surface area contributed by atoms with Gasteiger partial charge in [0.05, 0.1) is 5.69 Å². The molecule has 2 aromatic carbocycles. The Bertz CT molecular complexity index is 616. The molecule has 19 heavy (non-hydrogen) atoms. The van der Waals surface area contributed by atoms with Gasteiger partial charge >= 0.3 is 0 Å². The van der Waals surface area contributed by atoms with Gasteiger partial charge in [-0.1, -0.05) is 0 Å². The second-order valence-corrected chi connectivity index (χ2v) is 3.71. The third-order valence-electron chi connectivity index (χ3n) is 2.36. The Hall–Kier alpha value is -2.31. The van der Waals surface area contributed by atoms with E-state index in [9.17, 15) is 22.0 Å². The van der Waals surface area contributed by atoms with Gasteiger partial charge in [0.15, 0.2) is 23.3 Å². The first-order valence-electron chi connectivity index (χ1n) is 5.05. The second kappa shape index (κ2) is 4.75. The molecule has 0 spiro atoms. The van der Waals surface area contributed by atoms with Crippen LogP contribution in [0.3, 0.4) is 0 Å². The Morgan fingerprint density at radius 3 is 1.89 bits per heavy atom. The number of hydrogen-bond donors (Lipinski definition) is 2. The monoisotopic (exact) mass is 274 g/mol. The molecule has 0 saturated heterocycles. The molecule has 0 amide bonds. The van der Waals surface area contributed by atoms with Gasteiger partial charge in [0.25, 0.3) is 0 Å². The van der Waals surface area contributed by atoms with E-state index in [1.54, 1.807) is 0 Å². The van der Waals surface area contributed by atoms with E-state index in [1.165, 1.54) is 6.07 Å². The summed E-state index contributed by atoms with van der Waals surface area (Å²) < 4.78 is 66.0. The highest BCUT2D eigenvalue weighted by atomic mass is 19.2. The number of nitrogens with one attached hydrogen (secondary N) is 1. The molecule has 0 fully saturated rings. The molecule has 7 heteroatoms. The van der Waals surface area contributed by atoms with Crippen LogP contribution in [0.25, 0.3) is 0 Å². The lowest BCUT2D eigenvalue weighted by Crippen LogP contribution is -2.04. The van der Waals surface area contributed by atoms with Crippen LogP contribution in [0.5, 0.6) is 0 Å². The Balaban J connectivity index is 2.49. The lowest BCUT2D eigenvalue weighted by atomic mass is 10.2. The molecular formula is C12H7F5N2. The molecule has 0 aromatic heterocycles. The molecule has 2 aromatic rings. The number of benzene rings is 2. The van der Waals surface area contributed by atoms with E-state index in [0.29, 0.717) is 0 Å². The van der Waals surface area contributed by atoms with E-state index < -0.39 is 34.8 Å². The van der Waals surface area contributed by atoms with Crippen molar-refractivity contribution >= 4 is 17.1 Å². The van der Waals surface area contributed by atoms with Gasteiger partial charge in [0.1, 0.15) is 11.5 Å². The highest BCUT2D eigenvalue weighted by Gasteiger charge is 2.20. The number of nitrogens with two attached hydrogens (primary N) is 1. The minimum absolute atomic E-state index is 0.0647. The minimum Gasteiger partial charge on any atom is -0.399 e. The third-order valence-corrected chi connectivity index (χ3v) is 2.36. The van der Waals surface area contributed by atoms with Crippen LogP contribution in [0.2, 0.25) is 0 Å². The first-order chi connectivity index (χ1) is 8.90. The molecule has 0 aliphatic rings. The van der Waals surface area contributed by atoms with E-state index in [4.69, 9.17) is 5.73 Å². The maximum absolute atomic E-state index is 13.4. The summed E-state index contributed by atoms with van der Waals surface area (Å²) in [6.45, 7) is 0. The Labute approximate surface area is 104 Å². The van der Waals surface area contributed by atoms with Crippen molar-refractivity contribution in [1.82, 2.24) is 0 Å². The molecule has 100 valence electrons. The van der Waals surface area contributed by atoms with Crippen LogP contribution < -0.4 is 11.1 Å². The van der Waals surface area contributed by atoms with Crippen molar-refractivity contribution in [3.05, 3.63) is 53.4 Å². The van der Waals surface area contributed by atoms with E-state index in [2.05, 4.69) is 0 Å². The highest BCUT2D eigenvalue weighted by Crippen LogP contribution is 2.29. The van der Waals surface area contributed by atoms with Crippen LogP contribution in [0.1, 0.15) is 0 Å². The van der Waals surface area contributed by atoms with Crippen LogP contribution in [-0.4, -0.2) is 0 Å². The maximum Gasteiger partial charge on any atom is 0.185 e. The van der Waals surface area contributed by atoms with Crippen molar-refractivity contribution < 1.29 is 22.0 Å². The summed E-state index contributed by atoms with van der Waals surface area (Å²) in [5.74, 6) is -7.37. The summed E-state index contributed by atoms with van der Waals surface area (Å²) in [5, 5.41) is 1.96. The van der Waals surface area contributed by atoms with Gasteiger partial charge in [-0.2, -0.15) is 0 Å². The van der Waals surface area contributed by atoms with Gasteiger partial charge in [-0.25, -0.2) is 22.0 Å². The van der Waals surface area contributed by atoms with Crippen molar-refractivity contribution in [2.24, 2.45) is 0 Å². The highest BCUT2D eigenvalue weighted by molar-refractivity contribution is 5.63. The smallest absolute Gasteiger partial charge is 0.185 e. The normalized spacial score (nSPS) is 10.6. The largest absolute Gasteiger partial charge is 0.399 e. The third kappa shape index (κ3) is 2.44. The lowest BCUT2D eigenvalue weighted by molar-refractivity contribution is 0.459. The topological polar surface area (TPSA) is 38.0 Å². The minimum atomic E-state index is -1.64. The molecule has 0 aliphatic heterocycles. The summed E-state index contributed by atoms with van der Waals surface area (Å²) in [6.07, 6.45) is 0. The predicted octanol–water partition coefficient (Wildman–Crippen LogP) is 3.71. The molecule has 2 rings (SSSR count). The Kier molecular flexibility index (Phi) is 3.28. The van der Waals surface area contributed by atoms with E-state index >= 15 is 0 Å². The molecule has 0 unspecified atom stereocenters. The van der Waals surface area contributed by atoms with Gasteiger partial charge in [0, 0.05) is 11.8 Å². The average Bonchev–Trinajstić information content (AvgIpc) is 2.34. The fourth-order valence-corrected chi connectivity index (χ4v) is 1.45. The van der Waals surface area contributed by atoms with Crippen molar-refractivity contribution in [3.63, 3.8) is 0 Å². The van der Waals surface area contributed by atoms with Crippen LogP contribution in [0.15, 0.2) is 24.3 Å². The van der Waals surface area contributed by atoms with Gasteiger partial charge in [0.2, 0.25) is 0 Å². The zero-order valence-electron chi connectivity index (χ0n) is 9.28. The molecule has 0 aliphatic carbocycles. The fourth-order valence-electron chi connectivity index (χ4n) is 1.45. The molecule has 0 atom stereocenters. The summed E-state index contributed by atoms with van der Waals surface area (Å²) >= 11 is 0. The van der Waals surface area contributed by atoms with Crippen molar-refractivity contribution in [2.45, 2.75) is 0 Å². The zero-order chi connectivity index (χ0) is 14.2. The van der Waals surface area contributed by atoms with E-state index in [-0.39, 0.29) is 17.4 Å². The quantitative estimate of drug-likeness (QED) is 0.497. The van der Waals surface area contributed by atoms with Crippen molar-refractivity contribution in [3.8, 4) is 0 Å². The molecule has 0 radical (unpaired) electrons. The first-order valence-corrected chi connectivity index (χ1v) is 5.05. The molecule has 0 bridgehead atoms. The summed E-state index contributed by atoms with van der Waals surface area (Å²) in [5.41, 5.74) is 3.91. The summed E-state index contributed by atoms with van der Waals surface area (Å²) in [6, 6.07) is 3.31. The SMILES string of the molecule is Nc1ccc(Nc2c(F)c(F)cc(F)c2F)c(F)c1. The predicted molar refractivity (Wildman–Crippen MR) is 60.4 cm³/mol. The maximum atomic E-state index is 13.4. The van der Waals surface area contributed by atoms with Crippen molar-refractivity contribution in [2.75, 3.05) is 11.1 Å². The molecule has 0 saturated carbocycles. The van der Waals surface area contributed by atoms with E-state index in [1.807, 2.05) is 5.32 Å². The lowest BCUT2D eigenvalue weighted by Gasteiger charge is -2.11. The number of hydrogen-bond acceptors (Lipinski definition) is 2. The fraction of sp³-hybridized carbons (Fsp3) is 0. The molecular weight excluding hydrogens is 267 g/mol. The van der Waals surface area contributed by atoms with Crippen LogP contribution in [-0.2, 0) is 0 Å². The van der Waals surface area contributed by atoms with Gasteiger partial charge in [-0.3, -0.25) is 0 Å². The van der Waals surface area contributed by atoms with E-state index in [0.717, 1.165) is 12.1 Å². The molecule has 3 N–H and O–H groups in total. The average molecular weight is 274 g/mol. The number of rotatable bonds is 2. The van der Waals surface area contributed by atoms with Gasteiger partial charge < -0.3 is 11.1 Å². The number of nitrogen functional groups attached to an aromatic ring is 1. The van der Waals surface area contributed by atoms with Gasteiger partial charge in [-0.05, 0) is 18.2 Å². The molecule has 0 heterocycles. The van der Waals surface area contributed by atoms with Crippen LogP contribution >= 0.6 is 0 Å². The molecule has 2 nitrogen and oxygen atoms in total. The standard InChI is InChI=1S/C12H7F5N2/c13-6-3-5(18)1-2-9(6)19-12-10(16)7(14)4-8(15)11(12)17/h1-4,19H,18H2. The van der Waals surface area contributed by atoms with Gasteiger partial charge in [-0.15, -0.1) is 0 Å². The summed E-state index contributed by atoms with van der Waals surface area (Å²) in [4.78, 5) is 0. The number of anilines is 3. The first kappa shape index (κ1) is 13.1. The van der Waals surface area contributed by atoms with Crippen molar-refractivity contribution in [1.29, 1.82) is 0 Å². The summed E-state index contributed by atoms with van der Waals surface area (Å²) in [7, 11) is 0. The second-order valence-electron chi connectivity index (χ2n) is 3.71. The van der Waals surface area contributed by atoms with Crippen LogP contribution in [0, 0.1) is 29.1 Å². The van der Waals surface area contributed by atoms with Crippen LogP contribution in [0.4, 0.5) is 39.0 Å². The Morgan fingerprint density at radius 2 is 1.37 bits per heavy atom. The number of halogens is 5.